The van der Waals surface area contributed by atoms with Gasteiger partial charge in [-0.2, -0.15) is 0 Å². The molecule has 6 rings (SSSR count). The molecule has 0 saturated carbocycles. The average Bonchev–Trinajstić information content (AvgIpc) is 3.37. The SMILES string of the molecule is CC(C)c1ccnc(-c2[c-]ccc3c2oc2c(F)cccc23)c1.[2H]C(C)(C)c1cc(-c2[c-]cccc2)ncc1[Si](C)(C)C.[Ir]. The second-order valence-electron chi connectivity index (χ2n) is 12.1. The third-order valence-electron chi connectivity index (χ3n) is 7.35. The van der Waals surface area contributed by atoms with Gasteiger partial charge in [0.25, 0.3) is 0 Å². The van der Waals surface area contributed by atoms with E-state index in [1.165, 1.54) is 16.8 Å². The summed E-state index contributed by atoms with van der Waals surface area (Å²) < 4.78 is 28.3. The number of para-hydroxylation sites is 1. The normalized spacial score (nSPS) is 12.1. The van der Waals surface area contributed by atoms with Gasteiger partial charge >= 0.3 is 0 Å². The summed E-state index contributed by atoms with van der Waals surface area (Å²) in [5.74, 6) is -0.556. The molecule has 3 heterocycles. The van der Waals surface area contributed by atoms with Crippen LogP contribution in [0.3, 0.4) is 0 Å². The second kappa shape index (κ2) is 13.5. The number of nitrogens with zero attached hydrogens (tertiary/aromatic N) is 2. The molecule has 1 radical (unpaired) electrons. The van der Waals surface area contributed by atoms with Gasteiger partial charge in [-0.15, -0.1) is 54.1 Å². The largest absolute Gasteiger partial charge is 0.498 e. The quantitative estimate of drug-likeness (QED) is 0.130. The van der Waals surface area contributed by atoms with Crippen molar-refractivity contribution in [2.24, 2.45) is 0 Å². The summed E-state index contributed by atoms with van der Waals surface area (Å²) in [6, 6.07) is 29.1. The summed E-state index contributed by atoms with van der Waals surface area (Å²) in [5, 5.41) is 2.93. The van der Waals surface area contributed by atoms with Crippen molar-refractivity contribution >= 4 is 35.2 Å². The van der Waals surface area contributed by atoms with Crippen LogP contribution in [-0.2, 0) is 20.1 Å². The number of rotatable bonds is 5. The number of hydrogen-bond donors (Lipinski definition) is 0. The van der Waals surface area contributed by atoms with Gasteiger partial charge in [0.1, 0.15) is 0 Å². The second-order valence-corrected chi connectivity index (χ2v) is 17.1. The van der Waals surface area contributed by atoms with Gasteiger partial charge in [0.05, 0.1) is 13.7 Å². The fourth-order valence-electron chi connectivity index (χ4n) is 5.03. The van der Waals surface area contributed by atoms with Crippen LogP contribution in [0.2, 0.25) is 19.6 Å². The first-order valence-electron chi connectivity index (χ1n) is 14.8. The van der Waals surface area contributed by atoms with Gasteiger partial charge in [0, 0.05) is 39.3 Å². The van der Waals surface area contributed by atoms with Gasteiger partial charge in [-0.1, -0.05) is 93.7 Å². The topological polar surface area (TPSA) is 38.9 Å². The van der Waals surface area contributed by atoms with Crippen LogP contribution in [0.1, 0.15) is 52.0 Å². The molecule has 0 amide bonds. The third-order valence-corrected chi connectivity index (χ3v) is 9.37. The Bertz CT molecular complexity index is 1890. The van der Waals surface area contributed by atoms with E-state index in [-0.39, 0.29) is 31.5 Å². The number of aromatic nitrogens is 2. The number of benzene rings is 3. The van der Waals surface area contributed by atoms with Gasteiger partial charge in [-0.05, 0) is 40.5 Å². The van der Waals surface area contributed by atoms with Crippen LogP contribution in [0.15, 0.2) is 89.6 Å². The van der Waals surface area contributed by atoms with E-state index in [4.69, 9.17) is 5.79 Å². The number of fused-ring (bicyclic) bond motifs is 3. The molecule has 0 fully saturated rings. The minimum absolute atomic E-state index is 0. The van der Waals surface area contributed by atoms with E-state index in [0.717, 1.165) is 38.9 Å². The van der Waals surface area contributed by atoms with E-state index in [0.29, 0.717) is 11.5 Å². The Morgan fingerprint density at radius 3 is 2.28 bits per heavy atom. The van der Waals surface area contributed by atoms with Crippen LogP contribution in [0.25, 0.3) is 44.5 Å². The average molecular weight is 766 g/mol. The molecule has 0 aliphatic carbocycles. The van der Waals surface area contributed by atoms with E-state index in [9.17, 15) is 4.39 Å². The fourth-order valence-corrected chi connectivity index (χ4v) is 6.61. The van der Waals surface area contributed by atoms with E-state index in [2.05, 4.69) is 61.7 Å². The zero-order valence-electron chi connectivity index (χ0n) is 26.7. The molecule has 0 N–H and O–H groups in total. The maximum atomic E-state index is 14.0. The van der Waals surface area contributed by atoms with Gasteiger partial charge in [-0.3, -0.25) is 0 Å². The molecule has 6 heteroatoms. The zero-order chi connectivity index (χ0) is 30.9. The Labute approximate surface area is 270 Å². The molecule has 3 nitrogen and oxygen atoms in total. The van der Waals surface area contributed by atoms with Crippen molar-refractivity contribution in [3.63, 3.8) is 0 Å². The van der Waals surface area contributed by atoms with Crippen molar-refractivity contribution in [2.75, 3.05) is 0 Å². The molecule has 0 unspecified atom stereocenters. The Hall–Kier alpha value is -3.44. The number of pyridine rings is 2. The summed E-state index contributed by atoms with van der Waals surface area (Å²) in [7, 11) is -1.50. The molecule has 43 heavy (non-hydrogen) atoms. The minimum atomic E-state index is -1.50. The van der Waals surface area contributed by atoms with E-state index in [1.54, 1.807) is 12.3 Å². The summed E-state index contributed by atoms with van der Waals surface area (Å²) in [6.45, 7) is 15.1. The Kier molecular flexibility index (Phi) is 9.70. The summed E-state index contributed by atoms with van der Waals surface area (Å²) in [5.41, 5.74) is 6.65. The Balaban J connectivity index is 0.000000199. The van der Waals surface area contributed by atoms with Crippen molar-refractivity contribution in [3.05, 3.63) is 114 Å². The van der Waals surface area contributed by atoms with Crippen molar-refractivity contribution < 1.29 is 30.3 Å². The molecule has 6 aromatic rings. The van der Waals surface area contributed by atoms with E-state index < -0.39 is 14.0 Å². The fraction of sp³-hybridized carbons (Fsp3) is 0.243. The monoisotopic (exact) mass is 766 g/mol. The molecule has 0 atom stereocenters. The maximum absolute atomic E-state index is 14.0. The van der Waals surface area contributed by atoms with Crippen LogP contribution in [0.4, 0.5) is 4.39 Å². The molecule has 0 aliphatic heterocycles. The molecule has 0 spiro atoms. The predicted molar refractivity (Wildman–Crippen MR) is 175 cm³/mol. The smallest absolute Gasteiger partial charge is 0.165 e. The van der Waals surface area contributed by atoms with Gasteiger partial charge in [-0.25, -0.2) is 4.39 Å². The van der Waals surface area contributed by atoms with Crippen LogP contribution in [0, 0.1) is 17.9 Å². The molecular formula is C37H37FIrN2OSi-2. The Morgan fingerprint density at radius 2 is 1.60 bits per heavy atom. The van der Waals surface area contributed by atoms with Crippen molar-refractivity contribution in [3.8, 4) is 22.5 Å². The molecule has 0 bridgehead atoms. The first kappa shape index (κ1) is 31.0. The van der Waals surface area contributed by atoms with Crippen LogP contribution in [0.5, 0.6) is 0 Å². The number of furan rings is 1. The predicted octanol–water partition coefficient (Wildman–Crippen LogP) is 9.93. The number of halogens is 1. The Morgan fingerprint density at radius 1 is 0.837 bits per heavy atom. The standard InChI is InChI=1S/C20H15FNO.C17H22NSi.Ir/c1-12(2)13-9-10-22-18(11-13)16-7-3-5-14-15-6-4-8-17(21)20(15)23-19(14)16;1-13(2)15-11-16(14-9-7-6-8-10-14)18-12-17(15)19(3,4)5;/h3-6,8-12H,1-2H3;6-9,11-13H,1-5H3;/q2*-1;/i;13D;. The molecule has 223 valence electrons. The maximum Gasteiger partial charge on any atom is 0.165 e. The minimum Gasteiger partial charge on any atom is -0.498 e. The molecule has 3 aromatic carbocycles. The zero-order valence-corrected chi connectivity index (χ0v) is 29.1. The van der Waals surface area contributed by atoms with Crippen molar-refractivity contribution in [1.82, 2.24) is 9.97 Å². The summed E-state index contributed by atoms with van der Waals surface area (Å²) in [6.07, 6.45) is 3.77. The molecular weight excluding hydrogens is 728 g/mol. The first-order chi connectivity index (χ1) is 20.3. The summed E-state index contributed by atoms with van der Waals surface area (Å²) >= 11 is 0. The first-order valence-corrected chi connectivity index (χ1v) is 17.8. The molecule has 3 aromatic heterocycles. The van der Waals surface area contributed by atoms with Crippen LogP contribution in [-0.4, -0.2) is 18.0 Å². The van der Waals surface area contributed by atoms with Crippen molar-refractivity contribution in [2.45, 2.75) is 59.1 Å². The van der Waals surface area contributed by atoms with E-state index in [1.807, 2.05) is 74.6 Å². The molecule has 0 saturated heterocycles. The van der Waals surface area contributed by atoms with Crippen LogP contribution >= 0.6 is 0 Å². The van der Waals surface area contributed by atoms with E-state index >= 15 is 0 Å². The molecule has 0 aliphatic rings. The third kappa shape index (κ3) is 7.04. The van der Waals surface area contributed by atoms with Gasteiger partial charge in [0.2, 0.25) is 0 Å². The van der Waals surface area contributed by atoms with Crippen molar-refractivity contribution in [1.29, 1.82) is 0 Å². The van der Waals surface area contributed by atoms with Gasteiger partial charge < -0.3 is 14.4 Å². The summed E-state index contributed by atoms with van der Waals surface area (Å²) in [4.78, 5) is 9.06. The van der Waals surface area contributed by atoms with Gasteiger partial charge in [0.15, 0.2) is 11.4 Å². The van der Waals surface area contributed by atoms with Crippen LogP contribution < -0.4 is 5.19 Å². The number of hydrogen-bond acceptors (Lipinski definition) is 3.